The highest BCUT2D eigenvalue weighted by molar-refractivity contribution is 7.92. The van der Waals surface area contributed by atoms with Gasteiger partial charge in [-0.25, -0.2) is 8.42 Å². The molecule has 346 valence electrons. The third kappa shape index (κ3) is 11.5. The highest BCUT2D eigenvalue weighted by Gasteiger charge is 2.50. The number of carbonyl (C=O) groups excluding carboxylic acids is 4. The van der Waals surface area contributed by atoms with Crippen LogP contribution in [0.25, 0.3) is 0 Å². The molecule has 14 heteroatoms. The Bertz CT molecular complexity index is 2040. The topological polar surface area (TPSA) is 140 Å². The smallest absolute Gasteiger partial charge is 0.234 e. The van der Waals surface area contributed by atoms with Gasteiger partial charge in [0, 0.05) is 62.8 Å². The fourth-order valence-electron chi connectivity index (χ4n) is 11.0. The van der Waals surface area contributed by atoms with Crippen LogP contribution in [-0.4, -0.2) is 115 Å². The van der Waals surface area contributed by atoms with Crippen molar-refractivity contribution in [2.75, 3.05) is 56.5 Å². The van der Waals surface area contributed by atoms with Crippen LogP contribution in [0, 0.1) is 29.1 Å². The zero-order valence-electron chi connectivity index (χ0n) is 38.3. The summed E-state index contributed by atoms with van der Waals surface area (Å²) in [5, 5.41) is 2.52. The number of nitrogens with zero attached hydrogens (tertiary/aromatic N) is 5. The second-order valence-electron chi connectivity index (χ2n) is 20.5. The molecule has 1 unspecified atom stereocenters. The number of aromatic nitrogens is 1. The Hall–Kier alpha value is -3.55. The summed E-state index contributed by atoms with van der Waals surface area (Å²) in [6.45, 7) is 16.1. The van der Waals surface area contributed by atoms with Gasteiger partial charge in [0.25, 0.3) is 0 Å². The maximum atomic E-state index is 14.8. The van der Waals surface area contributed by atoms with E-state index in [0.717, 1.165) is 88.3 Å². The summed E-state index contributed by atoms with van der Waals surface area (Å²) in [5.41, 5.74) is 1.96. The average molecular weight is 908 g/mol. The van der Waals surface area contributed by atoms with Crippen LogP contribution in [0.2, 0.25) is 5.02 Å². The first-order valence-corrected chi connectivity index (χ1v) is 25.9. The standard InChI is InChI=1S/C49H71ClN6O6S/c1-33(2)44(32-63(61,62)34(3)4)56-43(38-6-8-40(50)9-7-38)12-19-49(5,48(56)60)28-46(58)55-24-15-36(16-25-55)26-35-13-20-53(21-14-35)31-37-17-22-54(23-18-37)41-27-39(29-51-30-41)42-10-11-45(57)52-47(42)59/h6-9,27,29-30,33-37,42-44H,10-26,28,31-32H2,1-5H3,(H,52,57,59)/t42?,43-,44+,49+/m0/s1. The highest BCUT2D eigenvalue weighted by atomic mass is 35.5. The highest BCUT2D eigenvalue weighted by Crippen LogP contribution is 2.46. The van der Waals surface area contributed by atoms with E-state index in [1.54, 1.807) is 20.0 Å². The number of sulfone groups is 1. The molecule has 4 amide bonds. The zero-order valence-corrected chi connectivity index (χ0v) is 39.8. The fraction of sp³-hybridized carbons (Fsp3) is 0.694. The Morgan fingerprint density at radius 3 is 2.10 bits per heavy atom. The van der Waals surface area contributed by atoms with Crippen LogP contribution in [-0.2, 0) is 29.0 Å². The van der Waals surface area contributed by atoms with Crippen LogP contribution in [0.15, 0.2) is 42.7 Å². The normalized spacial score (nSPS) is 25.8. The number of anilines is 1. The predicted molar refractivity (Wildman–Crippen MR) is 248 cm³/mol. The SMILES string of the molecule is CC(C)[C@@H](CS(=O)(=O)C(C)C)N1C(=O)[C@@](C)(CC(=O)N2CCC(CC3CCN(CC4CCN(c5cncc(C6CCC(=O)NC6=O)c5)CC4)CC3)CC2)CC[C@H]1c1ccc(Cl)cc1. The zero-order chi connectivity index (χ0) is 45.1. The minimum atomic E-state index is -3.46. The Kier molecular flexibility index (Phi) is 15.3. The second-order valence-corrected chi connectivity index (χ2v) is 23.5. The first-order chi connectivity index (χ1) is 30.0. The van der Waals surface area contributed by atoms with Crippen molar-refractivity contribution in [2.45, 2.75) is 135 Å². The van der Waals surface area contributed by atoms with E-state index in [4.69, 9.17) is 11.6 Å². The predicted octanol–water partition coefficient (Wildman–Crippen LogP) is 7.42. The molecule has 5 aliphatic rings. The Labute approximate surface area is 381 Å². The van der Waals surface area contributed by atoms with Crippen molar-refractivity contribution in [2.24, 2.45) is 29.1 Å². The lowest BCUT2D eigenvalue weighted by Gasteiger charge is -2.49. The number of rotatable bonds is 14. The first-order valence-electron chi connectivity index (χ1n) is 23.8. The van der Waals surface area contributed by atoms with E-state index in [2.05, 4.69) is 26.2 Å². The lowest BCUT2D eigenvalue weighted by atomic mass is 9.73. The van der Waals surface area contributed by atoms with E-state index >= 15 is 0 Å². The summed E-state index contributed by atoms with van der Waals surface area (Å²) in [5.74, 6) is 0.940. The number of imide groups is 1. The molecule has 0 radical (unpaired) electrons. The van der Waals surface area contributed by atoms with Gasteiger partial charge in [0.1, 0.15) is 0 Å². The van der Waals surface area contributed by atoms with Crippen LogP contribution < -0.4 is 10.2 Å². The van der Waals surface area contributed by atoms with Crippen LogP contribution in [0.5, 0.6) is 0 Å². The van der Waals surface area contributed by atoms with E-state index in [1.807, 2.05) is 61.0 Å². The summed E-state index contributed by atoms with van der Waals surface area (Å²) >= 11 is 6.24. The number of hydrogen-bond donors (Lipinski definition) is 1. The minimum absolute atomic E-state index is 0.0293. The summed E-state index contributed by atoms with van der Waals surface area (Å²) in [6.07, 6.45) is 13.8. The van der Waals surface area contributed by atoms with E-state index in [-0.39, 0.29) is 53.7 Å². The van der Waals surface area contributed by atoms with Gasteiger partial charge in [0.05, 0.1) is 40.3 Å². The molecule has 6 heterocycles. The Morgan fingerprint density at radius 1 is 0.841 bits per heavy atom. The van der Waals surface area contributed by atoms with Crippen LogP contribution in [0.4, 0.5) is 5.69 Å². The third-order valence-corrected chi connectivity index (χ3v) is 17.8. The summed E-state index contributed by atoms with van der Waals surface area (Å²) in [4.78, 5) is 66.2. The molecule has 5 saturated heterocycles. The van der Waals surface area contributed by atoms with Crippen LogP contribution in [0.3, 0.4) is 0 Å². The lowest BCUT2D eigenvalue weighted by Crippen LogP contribution is -2.57. The van der Waals surface area contributed by atoms with Gasteiger partial charge >= 0.3 is 0 Å². The van der Waals surface area contributed by atoms with Gasteiger partial charge in [-0.05, 0) is 144 Å². The molecule has 12 nitrogen and oxygen atoms in total. The molecule has 63 heavy (non-hydrogen) atoms. The number of amides is 4. The Balaban J connectivity index is 0.857. The molecule has 4 atom stereocenters. The number of benzene rings is 1. The van der Waals surface area contributed by atoms with Crippen molar-refractivity contribution >= 4 is 50.8 Å². The van der Waals surface area contributed by atoms with Gasteiger partial charge in [-0.1, -0.05) is 44.5 Å². The van der Waals surface area contributed by atoms with Crippen molar-refractivity contribution < 1.29 is 27.6 Å². The number of nitrogens with one attached hydrogen (secondary N) is 1. The monoisotopic (exact) mass is 906 g/mol. The fourth-order valence-corrected chi connectivity index (χ4v) is 12.6. The van der Waals surface area contributed by atoms with Crippen molar-refractivity contribution in [3.63, 3.8) is 0 Å². The number of piperidine rings is 5. The molecule has 7 rings (SSSR count). The summed E-state index contributed by atoms with van der Waals surface area (Å²) in [7, 11) is -3.46. The molecule has 0 spiro atoms. The molecule has 5 fully saturated rings. The maximum absolute atomic E-state index is 14.8. The third-order valence-electron chi connectivity index (χ3n) is 15.3. The van der Waals surface area contributed by atoms with Gasteiger partial charge in [-0.15, -0.1) is 0 Å². The number of hydrogen-bond acceptors (Lipinski definition) is 9. The van der Waals surface area contributed by atoms with Gasteiger partial charge in [-0.3, -0.25) is 29.5 Å². The number of pyridine rings is 1. The van der Waals surface area contributed by atoms with Crippen LogP contribution in [0.1, 0.15) is 135 Å². The van der Waals surface area contributed by atoms with Gasteiger partial charge in [0.15, 0.2) is 9.84 Å². The molecule has 0 bridgehead atoms. The van der Waals surface area contributed by atoms with E-state index < -0.39 is 26.5 Å². The number of halogens is 1. The molecule has 2 aromatic rings. The van der Waals surface area contributed by atoms with Gasteiger partial charge in [-0.2, -0.15) is 0 Å². The molecule has 0 saturated carbocycles. The van der Waals surface area contributed by atoms with E-state index in [9.17, 15) is 27.6 Å². The number of likely N-dealkylation sites (tertiary alicyclic amines) is 3. The van der Waals surface area contributed by atoms with Crippen molar-refractivity contribution in [1.82, 2.24) is 25.0 Å². The maximum Gasteiger partial charge on any atom is 0.234 e. The molecule has 1 N–H and O–H groups in total. The summed E-state index contributed by atoms with van der Waals surface area (Å²) in [6, 6.07) is 8.77. The van der Waals surface area contributed by atoms with Crippen molar-refractivity contribution in [3.8, 4) is 0 Å². The largest absolute Gasteiger partial charge is 0.370 e. The van der Waals surface area contributed by atoms with Crippen molar-refractivity contribution in [1.29, 1.82) is 0 Å². The molecular formula is C49H71ClN6O6S. The number of carbonyl (C=O) groups is 4. The summed E-state index contributed by atoms with van der Waals surface area (Å²) < 4.78 is 26.7. The molecular weight excluding hydrogens is 836 g/mol. The molecule has 1 aromatic heterocycles. The second kappa shape index (κ2) is 20.3. The van der Waals surface area contributed by atoms with Crippen molar-refractivity contribution in [3.05, 3.63) is 58.9 Å². The minimum Gasteiger partial charge on any atom is -0.370 e. The quantitative estimate of drug-likeness (QED) is 0.192. The molecule has 1 aromatic carbocycles. The van der Waals surface area contributed by atoms with E-state index in [0.29, 0.717) is 48.5 Å². The van der Waals surface area contributed by atoms with Crippen LogP contribution >= 0.6 is 11.6 Å². The molecule has 0 aliphatic carbocycles. The Morgan fingerprint density at radius 2 is 1.48 bits per heavy atom. The van der Waals surface area contributed by atoms with E-state index in [1.165, 1.54) is 19.3 Å². The van der Waals surface area contributed by atoms with Gasteiger partial charge < -0.3 is 19.6 Å². The average Bonchev–Trinajstić information content (AvgIpc) is 3.25. The first kappa shape index (κ1) is 47.4. The molecule has 5 aliphatic heterocycles. The lowest BCUT2D eigenvalue weighted by molar-refractivity contribution is -0.158. The van der Waals surface area contributed by atoms with Gasteiger partial charge in [0.2, 0.25) is 23.6 Å².